The molecular formula is C20H18Cl2N2O2. The van der Waals surface area contributed by atoms with Crippen LogP contribution in [0.3, 0.4) is 0 Å². The first kappa shape index (κ1) is 18.4. The molecule has 0 N–H and O–H groups in total. The van der Waals surface area contributed by atoms with Gasteiger partial charge < -0.3 is 14.0 Å². The first-order valence-corrected chi connectivity index (χ1v) is 8.86. The predicted molar refractivity (Wildman–Crippen MR) is 105 cm³/mol. The average molecular weight is 389 g/mol. The number of benzene rings is 2. The van der Waals surface area contributed by atoms with Crippen molar-refractivity contribution >= 4 is 35.2 Å². The SMILES string of the molecule is Cc1nccn1C=C(OCCOc1ccc(Cl)cc1)c1ccc(Cl)cc1. The van der Waals surface area contributed by atoms with E-state index in [-0.39, 0.29) is 0 Å². The molecule has 4 nitrogen and oxygen atoms in total. The highest BCUT2D eigenvalue weighted by Crippen LogP contribution is 2.21. The summed E-state index contributed by atoms with van der Waals surface area (Å²) in [7, 11) is 0. The third-order valence-electron chi connectivity index (χ3n) is 3.67. The Morgan fingerprint density at radius 2 is 1.65 bits per heavy atom. The van der Waals surface area contributed by atoms with Gasteiger partial charge in [0, 0.05) is 28.0 Å². The van der Waals surface area contributed by atoms with Gasteiger partial charge in [0.15, 0.2) is 0 Å². The van der Waals surface area contributed by atoms with Gasteiger partial charge >= 0.3 is 0 Å². The lowest BCUT2D eigenvalue weighted by Crippen LogP contribution is -2.07. The Morgan fingerprint density at radius 3 is 2.27 bits per heavy atom. The summed E-state index contributed by atoms with van der Waals surface area (Å²) in [6, 6.07) is 14.7. The summed E-state index contributed by atoms with van der Waals surface area (Å²) in [6.07, 6.45) is 5.52. The van der Waals surface area contributed by atoms with Crippen LogP contribution in [0.1, 0.15) is 11.4 Å². The molecule has 3 aromatic rings. The minimum atomic E-state index is 0.394. The lowest BCUT2D eigenvalue weighted by molar-refractivity contribution is 0.195. The number of aryl methyl sites for hydroxylation is 1. The molecule has 1 heterocycles. The Labute approximate surface area is 162 Å². The molecule has 3 rings (SSSR count). The lowest BCUT2D eigenvalue weighted by atomic mass is 10.2. The summed E-state index contributed by atoms with van der Waals surface area (Å²) >= 11 is 11.9. The average Bonchev–Trinajstić information content (AvgIpc) is 3.04. The smallest absolute Gasteiger partial charge is 0.143 e. The molecular weight excluding hydrogens is 371 g/mol. The number of hydrogen-bond acceptors (Lipinski definition) is 3. The summed E-state index contributed by atoms with van der Waals surface area (Å²) in [4.78, 5) is 4.23. The van der Waals surface area contributed by atoms with Gasteiger partial charge in [-0.15, -0.1) is 0 Å². The van der Waals surface area contributed by atoms with E-state index in [9.17, 15) is 0 Å². The first-order chi connectivity index (χ1) is 12.6. The normalized spacial score (nSPS) is 11.4. The van der Waals surface area contributed by atoms with Gasteiger partial charge in [-0.25, -0.2) is 4.98 Å². The van der Waals surface area contributed by atoms with E-state index in [1.165, 1.54) is 0 Å². The molecule has 0 saturated heterocycles. The molecule has 0 atom stereocenters. The molecule has 0 spiro atoms. The van der Waals surface area contributed by atoms with Crippen molar-refractivity contribution in [2.45, 2.75) is 6.92 Å². The predicted octanol–water partition coefficient (Wildman–Crippen LogP) is 5.55. The van der Waals surface area contributed by atoms with Gasteiger partial charge in [-0.3, -0.25) is 0 Å². The molecule has 0 aliphatic carbocycles. The molecule has 0 bridgehead atoms. The van der Waals surface area contributed by atoms with Gasteiger partial charge in [0.25, 0.3) is 0 Å². The van der Waals surface area contributed by atoms with E-state index in [1.807, 2.05) is 60.3 Å². The Morgan fingerprint density at radius 1 is 1.00 bits per heavy atom. The minimum absolute atomic E-state index is 0.394. The zero-order chi connectivity index (χ0) is 18.4. The zero-order valence-corrected chi connectivity index (χ0v) is 15.7. The van der Waals surface area contributed by atoms with Gasteiger partial charge in [0.2, 0.25) is 0 Å². The van der Waals surface area contributed by atoms with Crippen LogP contribution in [0.25, 0.3) is 12.0 Å². The fourth-order valence-electron chi connectivity index (χ4n) is 2.30. The summed E-state index contributed by atoms with van der Waals surface area (Å²) in [6.45, 7) is 2.74. The van der Waals surface area contributed by atoms with Crippen LogP contribution in [0.4, 0.5) is 0 Å². The van der Waals surface area contributed by atoms with E-state index in [4.69, 9.17) is 32.7 Å². The molecule has 0 amide bonds. The monoisotopic (exact) mass is 388 g/mol. The Balaban J connectivity index is 1.67. The van der Waals surface area contributed by atoms with Crippen LogP contribution in [-0.2, 0) is 4.74 Å². The third-order valence-corrected chi connectivity index (χ3v) is 4.17. The maximum atomic E-state index is 5.99. The molecule has 0 radical (unpaired) electrons. The quantitative estimate of drug-likeness (QED) is 0.393. The van der Waals surface area contributed by atoms with Crippen molar-refractivity contribution in [2.24, 2.45) is 0 Å². The summed E-state index contributed by atoms with van der Waals surface area (Å²) in [5.74, 6) is 2.33. The van der Waals surface area contributed by atoms with Crippen molar-refractivity contribution in [1.82, 2.24) is 9.55 Å². The van der Waals surface area contributed by atoms with Crippen LogP contribution >= 0.6 is 23.2 Å². The summed E-state index contributed by atoms with van der Waals surface area (Å²) < 4.78 is 13.5. The highest BCUT2D eigenvalue weighted by molar-refractivity contribution is 6.30. The molecule has 2 aromatic carbocycles. The van der Waals surface area contributed by atoms with E-state index >= 15 is 0 Å². The second kappa shape index (κ2) is 8.79. The van der Waals surface area contributed by atoms with E-state index in [1.54, 1.807) is 18.3 Å². The summed E-state index contributed by atoms with van der Waals surface area (Å²) in [5, 5.41) is 1.36. The fraction of sp³-hybridized carbons (Fsp3) is 0.150. The van der Waals surface area contributed by atoms with Crippen LogP contribution in [0.5, 0.6) is 5.75 Å². The molecule has 1 aromatic heterocycles. The molecule has 0 aliphatic rings. The third kappa shape index (κ3) is 5.04. The standard InChI is InChI=1S/C20H18Cl2N2O2/c1-15-23-10-11-24(15)14-20(16-2-4-17(21)5-3-16)26-13-12-25-19-8-6-18(22)7-9-19/h2-11,14H,12-13H2,1H3. The molecule has 134 valence electrons. The second-order valence-corrected chi connectivity index (χ2v) is 6.41. The van der Waals surface area contributed by atoms with Crippen molar-refractivity contribution in [3.05, 3.63) is 82.4 Å². The molecule has 6 heteroatoms. The maximum absolute atomic E-state index is 5.99. The summed E-state index contributed by atoms with van der Waals surface area (Å²) in [5.41, 5.74) is 0.925. The number of imidazole rings is 1. The number of rotatable bonds is 7. The molecule has 0 aliphatic heterocycles. The van der Waals surface area contributed by atoms with Gasteiger partial charge in [-0.05, 0) is 55.5 Å². The van der Waals surface area contributed by atoms with Crippen molar-refractivity contribution in [1.29, 1.82) is 0 Å². The van der Waals surface area contributed by atoms with Crippen LogP contribution < -0.4 is 4.74 Å². The van der Waals surface area contributed by atoms with E-state index < -0.39 is 0 Å². The van der Waals surface area contributed by atoms with Crippen LogP contribution in [0, 0.1) is 6.92 Å². The van der Waals surface area contributed by atoms with Gasteiger partial charge in [-0.2, -0.15) is 0 Å². The van der Waals surface area contributed by atoms with Gasteiger partial charge in [0.1, 0.15) is 30.5 Å². The van der Waals surface area contributed by atoms with Crippen LogP contribution in [-0.4, -0.2) is 22.8 Å². The number of halogens is 2. The van der Waals surface area contributed by atoms with E-state index in [0.29, 0.717) is 29.0 Å². The molecule has 0 unspecified atom stereocenters. The Kier molecular flexibility index (Phi) is 6.21. The van der Waals surface area contributed by atoms with Crippen molar-refractivity contribution in [3.63, 3.8) is 0 Å². The Bertz CT molecular complexity index is 872. The van der Waals surface area contributed by atoms with Gasteiger partial charge in [-0.1, -0.05) is 23.2 Å². The minimum Gasteiger partial charge on any atom is -0.490 e. The van der Waals surface area contributed by atoms with Gasteiger partial charge in [0.05, 0.1) is 6.20 Å². The molecule has 0 saturated carbocycles. The zero-order valence-electron chi connectivity index (χ0n) is 14.2. The lowest BCUT2D eigenvalue weighted by Gasteiger charge is -2.13. The van der Waals surface area contributed by atoms with Crippen molar-refractivity contribution < 1.29 is 9.47 Å². The number of nitrogens with zero attached hydrogens (tertiary/aromatic N) is 2. The number of aromatic nitrogens is 2. The van der Waals surface area contributed by atoms with Crippen molar-refractivity contribution in [3.8, 4) is 5.75 Å². The number of hydrogen-bond donors (Lipinski definition) is 0. The fourth-order valence-corrected chi connectivity index (χ4v) is 2.55. The first-order valence-electron chi connectivity index (χ1n) is 8.10. The topological polar surface area (TPSA) is 36.3 Å². The molecule has 26 heavy (non-hydrogen) atoms. The maximum Gasteiger partial charge on any atom is 0.143 e. The van der Waals surface area contributed by atoms with Crippen molar-refractivity contribution in [2.75, 3.05) is 13.2 Å². The van der Waals surface area contributed by atoms with E-state index in [0.717, 1.165) is 17.1 Å². The number of ether oxygens (including phenoxy) is 2. The van der Waals surface area contributed by atoms with Crippen LogP contribution in [0.15, 0.2) is 60.9 Å². The van der Waals surface area contributed by atoms with Crippen LogP contribution in [0.2, 0.25) is 10.0 Å². The highest BCUT2D eigenvalue weighted by atomic mass is 35.5. The van der Waals surface area contributed by atoms with E-state index in [2.05, 4.69) is 4.98 Å². The largest absolute Gasteiger partial charge is 0.490 e. The second-order valence-electron chi connectivity index (χ2n) is 5.53. The Hall–Kier alpha value is -2.43. The molecule has 0 fully saturated rings. The highest BCUT2D eigenvalue weighted by Gasteiger charge is 2.06.